The Bertz CT molecular complexity index is 579. The number of non-ortho nitro benzene ring substituents is 1. The number of nitrogens with zero attached hydrogens (tertiary/aromatic N) is 2. The topological polar surface area (TPSA) is 89.5 Å². The van der Waals surface area contributed by atoms with Crippen molar-refractivity contribution in [1.29, 1.82) is 0 Å². The molecule has 1 fully saturated rings. The molecule has 1 aromatic rings. The van der Waals surface area contributed by atoms with E-state index in [2.05, 4.69) is 22.9 Å². The van der Waals surface area contributed by atoms with E-state index in [1.54, 1.807) is 6.07 Å². The van der Waals surface area contributed by atoms with Crippen LogP contribution in [0.3, 0.4) is 0 Å². The number of halogens is 1. The Balaban J connectivity index is 2.05. The molecule has 0 bridgehead atoms. The van der Waals surface area contributed by atoms with Gasteiger partial charge in [-0.25, -0.2) is 0 Å². The zero-order valence-corrected chi connectivity index (χ0v) is 13.4. The van der Waals surface area contributed by atoms with Crippen LogP contribution in [0.1, 0.15) is 18.9 Å². The fourth-order valence-electron chi connectivity index (χ4n) is 2.47. The van der Waals surface area contributed by atoms with Gasteiger partial charge in [-0.2, -0.15) is 0 Å². The highest BCUT2D eigenvalue weighted by Gasteiger charge is 2.34. The number of likely N-dealkylation sites (tertiary alicyclic amines) is 1. The van der Waals surface area contributed by atoms with E-state index < -0.39 is 4.92 Å². The first-order chi connectivity index (χ1) is 9.84. The molecule has 114 valence electrons. The summed E-state index contributed by atoms with van der Waals surface area (Å²) in [5.41, 5.74) is 6.51. The lowest BCUT2D eigenvalue weighted by Crippen LogP contribution is -2.35. The van der Waals surface area contributed by atoms with Gasteiger partial charge in [-0.15, -0.1) is 0 Å². The van der Waals surface area contributed by atoms with E-state index in [-0.39, 0.29) is 23.4 Å². The van der Waals surface area contributed by atoms with Crippen LogP contribution >= 0.6 is 15.9 Å². The Morgan fingerprint density at radius 2 is 2.29 bits per heavy atom. The molecule has 1 amide bonds. The molecule has 2 rings (SSSR count). The highest BCUT2D eigenvalue weighted by molar-refractivity contribution is 9.10. The fraction of sp³-hybridized carbons (Fsp3) is 0.500. The van der Waals surface area contributed by atoms with E-state index >= 15 is 0 Å². The summed E-state index contributed by atoms with van der Waals surface area (Å²) in [7, 11) is 0. The summed E-state index contributed by atoms with van der Waals surface area (Å²) >= 11 is 3.29. The van der Waals surface area contributed by atoms with E-state index in [9.17, 15) is 14.9 Å². The summed E-state index contributed by atoms with van der Waals surface area (Å²) in [6.45, 7) is 4.05. The van der Waals surface area contributed by atoms with E-state index in [0.717, 1.165) is 18.5 Å². The fourth-order valence-corrected chi connectivity index (χ4v) is 2.98. The van der Waals surface area contributed by atoms with Gasteiger partial charge >= 0.3 is 0 Å². The molecule has 1 aliphatic rings. The molecule has 2 N–H and O–H groups in total. The molecule has 0 radical (unpaired) electrons. The van der Waals surface area contributed by atoms with Gasteiger partial charge in [0.1, 0.15) is 0 Å². The summed E-state index contributed by atoms with van der Waals surface area (Å²) in [5.74, 6) is 0.0294. The van der Waals surface area contributed by atoms with Crippen LogP contribution in [-0.2, 0) is 11.2 Å². The van der Waals surface area contributed by atoms with Gasteiger partial charge in [0, 0.05) is 29.7 Å². The zero-order chi connectivity index (χ0) is 15.6. The van der Waals surface area contributed by atoms with Crippen LogP contribution in [-0.4, -0.2) is 35.4 Å². The average molecular weight is 356 g/mol. The average Bonchev–Trinajstić information content (AvgIpc) is 2.84. The van der Waals surface area contributed by atoms with Gasteiger partial charge in [0.15, 0.2) is 0 Å². The zero-order valence-electron chi connectivity index (χ0n) is 11.8. The number of carbonyl (C=O) groups is 1. The minimum absolute atomic E-state index is 0.00235. The third kappa shape index (κ3) is 3.59. The van der Waals surface area contributed by atoms with Crippen LogP contribution in [0, 0.1) is 15.5 Å². The molecule has 1 heterocycles. The molecule has 0 saturated carbocycles. The van der Waals surface area contributed by atoms with Crippen LogP contribution in [0.15, 0.2) is 22.7 Å². The van der Waals surface area contributed by atoms with Crippen molar-refractivity contribution < 1.29 is 9.72 Å². The number of amides is 1. The molecule has 1 saturated heterocycles. The van der Waals surface area contributed by atoms with Crippen molar-refractivity contribution in [3.8, 4) is 0 Å². The molecule has 1 atom stereocenters. The monoisotopic (exact) mass is 355 g/mol. The smallest absolute Gasteiger partial charge is 0.270 e. The molecular formula is C14H18BrN3O3. The molecule has 1 aromatic carbocycles. The number of nitro benzene ring substituents is 1. The number of hydrogen-bond acceptors (Lipinski definition) is 4. The highest BCUT2D eigenvalue weighted by Crippen LogP contribution is 2.30. The lowest BCUT2D eigenvalue weighted by atomic mass is 9.90. The molecule has 1 aliphatic heterocycles. The van der Waals surface area contributed by atoms with Crippen molar-refractivity contribution in [3.05, 3.63) is 38.3 Å². The van der Waals surface area contributed by atoms with Crippen LogP contribution in [0.4, 0.5) is 5.69 Å². The second-order valence-electron chi connectivity index (χ2n) is 5.79. The normalized spacial score (nSPS) is 21.6. The van der Waals surface area contributed by atoms with Crippen LogP contribution in [0.5, 0.6) is 0 Å². The van der Waals surface area contributed by atoms with Crippen molar-refractivity contribution in [2.75, 3.05) is 19.6 Å². The van der Waals surface area contributed by atoms with Crippen molar-refractivity contribution in [2.24, 2.45) is 11.1 Å². The van der Waals surface area contributed by atoms with Crippen LogP contribution in [0.25, 0.3) is 0 Å². The van der Waals surface area contributed by atoms with E-state index in [1.807, 2.05) is 4.90 Å². The standard InChI is InChI=1S/C14H18BrN3O3/c1-14(8-16)4-5-17(9-14)13(19)6-10-2-3-11(18(20)21)7-12(10)15/h2-3,7H,4-6,8-9,16H2,1H3. The summed E-state index contributed by atoms with van der Waals surface area (Å²) in [5, 5.41) is 10.7. The van der Waals surface area contributed by atoms with Crippen LogP contribution < -0.4 is 5.73 Å². The summed E-state index contributed by atoms with van der Waals surface area (Å²) in [4.78, 5) is 24.4. The lowest BCUT2D eigenvalue weighted by Gasteiger charge is -2.22. The van der Waals surface area contributed by atoms with Gasteiger partial charge in [-0.1, -0.05) is 28.9 Å². The SMILES string of the molecule is CC1(CN)CCN(C(=O)Cc2ccc([N+](=O)[O-])cc2Br)C1. The molecule has 1 unspecified atom stereocenters. The third-order valence-electron chi connectivity index (χ3n) is 3.99. The first-order valence-corrected chi connectivity index (χ1v) is 7.54. The number of carbonyl (C=O) groups excluding carboxylic acids is 1. The van der Waals surface area contributed by atoms with Gasteiger partial charge in [0.05, 0.1) is 11.3 Å². The Labute approximate surface area is 131 Å². The quantitative estimate of drug-likeness (QED) is 0.661. The summed E-state index contributed by atoms with van der Waals surface area (Å²) in [6.07, 6.45) is 1.15. The van der Waals surface area contributed by atoms with Crippen molar-refractivity contribution >= 4 is 27.5 Å². The summed E-state index contributed by atoms with van der Waals surface area (Å²) < 4.78 is 0.589. The maximum absolute atomic E-state index is 12.3. The minimum Gasteiger partial charge on any atom is -0.342 e. The molecule has 21 heavy (non-hydrogen) atoms. The molecule has 0 aromatic heterocycles. The lowest BCUT2D eigenvalue weighted by molar-refractivity contribution is -0.384. The van der Waals surface area contributed by atoms with Crippen molar-refractivity contribution in [2.45, 2.75) is 19.8 Å². The second-order valence-corrected chi connectivity index (χ2v) is 6.64. The van der Waals surface area contributed by atoms with Gasteiger partial charge in [0.2, 0.25) is 5.91 Å². The van der Waals surface area contributed by atoms with Crippen molar-refractivity contribution in [3.63, 3.8) is 0 Å². The Kier molecular flexibility index (Phi) is 4.63. The first-order valence-electron chi connectivity index (χ1n) is 6.75. The maximum Gasteiger partial charge on any atom is 0.270 e. The number of rotatable bonds is 4. The third-order valence-corrected chi connectivity index (χ3v) is 4.73. The number of nitro groups is 1. The van der Waals surface area contributed by atoms with E-state index in [1.165, 1.54) is 12.1 Å². The molecule has 0 aliphatic carbocycles. The Morgan fingerprint density at radius 3 is 2.81 bits per heavy atom. The highest BCUT2D eigenvalue weighted by atomic mass is 79.9. The number of nitrogens with two attached hydrogens (primary N) is 1. The Morgan fingerprint density at radius 1 is 1.57 bits per heavy atom. The molecule has 0 spiro atoms. The van der Waals surface area contributed by atoms with Crippen LogP contribution in [0.2, 0.25) is 0 Å². The maximum atomic E-state index is 12.3. The molecular weight excluding hydrogens is 338 g/mol. The second kappa shape index (κ2) is 6.11. The van der Waals surface area contributed by atoms with Gasteiger partial charge in [-0.05, 0) is 23.9 Å². The van der Waals surface area contributed by atoms with Gasteiger partial charge < -0.3 is 10.6 Å². The molecule has 7 heteroatoms. The van der Waals surface area contributed by atoms with Gasteiger partial charge in [0.25, 0.3) is 5.69 Å². The number of benzene rings is 1. The minimum atomic E-state index is -0.455. The molecule has 6 nitrogen and oxygen atoms in total. The predicted octanol–water partition coefficient (Wildman–Crippen LogP) is 2.10. The van der Waals surface area contributed by atoms with Gasteiger partial charge in [-0.3, -0.25) is 14.9 Å². The first kappa shape index (κ1) is 15.9. The van der Waals surface area contributed by atoms with Crippen molar-refractivity contribution in [1.82, 2.24) is 4.90 Å². The Hall–Kier alpha value is -1.47. The predicted molar refractivity (Wildman–Crippen MR) is 82.9 cm³/mol. The number of hydrogen-bond donors (Lipinski definition) is 1. The largest absolute Gasteiger partial charge is 0.342 e. The van der Waals surface area contributed by atoms with E-state index in [4.69, 9.17) is 5.73 Å². The van der Waals surface area contributed by atoms with E-state index in [0.29, 0.717) is 17.6 Å². The summed E-state index contributed by atoms with van der Waals surface area (Å²) in [6, 6.07) is 4.47.